The maximum atomic E-state index is 12.3. The van der Waals surface area contributed by atoms with Gasteiger partial charge in [0.15, 0.2) is 0 Å². The van der Waals surface area contributed by atoms with E-state index in [0.29, 0.717) is 17.2 Å². The lowest BCUT2D eigenvalue weighted by Crippen LogP contribution is -2.14. The molecule has 7 heteroatoms. The molecule has 0 aliphatic heterocycles. The Morgan fingerprint density at radius 3 is 2.60 bits per heavy atom. The van der Waals surface area contributed by atoms with E-state index in [1.165, 1.54) is 11.3 Å². The van der Waals surface area contributed by atoms with E-state index in [-0.39, 0.29) is 12.3 Å². The standard InChI is InChI=1S/C18H17N3O3S/c1-23-15-6-13(7-16(9-15)24-2)20-17(22)8-14-11-25-18(21-14)12-4-3-5-19-10-12/h3-7,9-11H,8H2,1-2H3,(H,20,22). The van der Waals surface area contributed by atoms with Crippen LogP contribution in [0.1, 0.15) is 5.69 Å². The molecule has 2 heterocycles. The van der Waals surface area contributed by atoms with E-state index in [2.05, 4.69) is 15.3 Å². The molecule has 25 heavy (non-hydrogen) atoms. The highest BCUT2D eigenvalue weighted by Gasteiger charge is 2.11. The molecule has 128 valence electrons. The molecular weight excluding hydrogens is 338 g/mol. The number of ether oxygens (including phenoxy) is 2. The minimum atomic E-state index is -0.154. The summed E-state index contributed by atoms with van der Waals surface area (Å²) in [7, 11) is 3.13. The van der Waals surface area contributed by atoms with Crippen molar-refractivity contribution in [2.45, 2.75) is 6.42 Å². The molecule has 0 aliphatic rings. The van der Waals surface area contributed by atoms with Gasteiger partial charge in [0, 0.05) is 47.2 Å². The van der Waals surface area contributed by atoms with Gasteiger partial charge in [-0.2, -0.15) is 0 Å². The molecule has 0 unspecified atom stereocenters. The van der Waals surface area contributed by atoms with E-state index in [4.69, 9.17) is 9.47 Å². The average Bonchev–Trinajstić information content (AvgIpc) is 3.10. The van der Waals surface area contributed by atoms with E-state index in [1.807, 2.05) is 17.5 Å². The van der Waals surface area contributed by atoms with Crippen LogP contribution in [0.25, 0.3) is 10.6 Å². The smallest absolute Gasteiger partial charge is 0.230 e. The summed E-state index contributed by atoms with van der Waals surface area (Å²) < 4.78 is 10.4. The van der Waals surface area contributed by atoms with Crippen LogP contribution in [0, 0.1) is 0 Å². The van der Waals surface area contributed by atoms with Crippen molar-refractivity contribution in [3.8, 4) is 22.1 Å². The first-order chi connectivity index (χ1) is 12.2. The largest absolute Gasteiger partial charge is 0.497 e. The number of hydrogen-bond acceptors (Lipinski definition) is 6. The molecule has 0 fully saturated rings. The van der Waals surface area contributed by atoms with Gasteiger partial charge in [0.1, 0.15) is 16.5 Å². The number of anilines is 1. The number of amides is 1. The Labute approximate surface area is 149 Å². The zero-order valence-corrected chi connectivity index (χ0v) is 14.7. The zero-order valence-electron chi connectivity index (χ0n) is 13.9. The molecule has 0 saturated carbocycles. The van der Waals surface area contributed by atoms with Crippen LogP contribution < -0.4 is 14.8 Å². The van der Waals surface area contributed by atoms with Crippen molar-refractivity contribution in [3.05, 3.63) is 53.8 Å². The monoisotopic (exact) mass is 355 g/mol. The second-order valence-corrected chi connectivity index (χ2v) is 6.07. The molecule has 1 N–H and O–H groups in total. The fourth-order valence-electron chi connectivity index (χ4n) is 2.26. The molecule has 1 aromatic carbocycles. The fraction of sp³-hybridized carbons (Fsp3) is 0.167. The van der Waals surface area contributed by atoms with Crippen molar-refractivity contribution in [3.63, 3.8) is 0 Å². The summed E-state index contributed by atoms with van der Waals surface area (Å²) in [4.78, 5) is 20.9. The average molecular weight is 355 g/mol. The minimum absolute atomic E-state index is 0.154. The Bertz CT molecular complexity index is 843. The number of pyridine rings is 1. The van der Waals surface area contributed by atoms with Gasteiger partial charge in [-0.3, -0.25) is 9.78 Å². The summed E-state index contributed by atoms with van der Waals surface area (Å²) >= 11 is 1.49. The van der Waals surface area contributed by atoms with Crippen molar-refractivity contribution in [1.82, 2.24) is 9.97 Å². The molecule has 6 nitrogen and oxygen atoms in total. The molecule has 0 aliphatic carbocycles. The molecule has 0 spiro atoms. The van der Waals surface area contributed by atoms with Crippen LogP contribution in [0.4, 0.5) is 5.69 Å². The molecule has 1 amide bonds. The number of methoxy groups -OCH3 is 2. The van der Waals surface area contributed by atoms with Gasteiger partial charge in [0.25, 0.3) is 0 Å². The van der Waals surface area contributed by atoms with Gasteiger partial charge < -0.3 is 14.8 Å². The fourth-order valence-corrected chi connectivity index (χ4v) is 3.07. The number of nitrogens with one attached hydrogen (secondary N) is 1. The number of hydrogen-bond donors (Lipinski definition) is 1. The number of carbonyl (C=O) groups is 1. The zero-order chi connectivity index (χ0) is 17.6. The van der Waals surface area contributed by atoms with E-state index >= 15 is 0 Å². The molecule has 3 aromatic rings. The highest BCUT2D eigenvalue weighted by Crippen LogP contribution is 2.26. The van der Waals surface area contributed by atoms with Gasteiger partial charge in [-0.1, -0.05) is 0 Å². The van der Waals surface area contributed by atoms with E-state index in [9.17, 15) is 4.79 Å². The lowest BCUT2D eigenvalue weighted by atomic mass is 10.2. The first kappa shape index (κ1) is 16.9. The molecule has 3 rings (SSSR count). The Hall–Kier alpha value is -2.93. The maximum absolute atomic E-state index is 12.3. The van der Waals surface area contributed by atoms with Crippen LogP contribution in [0.2, 0.25) is 0 Å². The van der Waals surface area contributed by atoms with E-state index in [0.717, 1.165) is 16.3 Å². The van der Waals surface area contributed by atoms with Gasteiger partial charge in [0.05, 0.1) is 26.3 Å². The lowest BCUT2D eigenvalue weighted by molar-refractivity contribution is -0.115. The third kappa shape index (κ3) is 4.33. The van der Waals surface area contributed by atoms with Crippen molar-refractivity contribution in [1.29, 1.82) is 0 Å². The summed E-state index contributed by atoms with van der Waals surface area (Å²) in [5.74, 6) is 1.07. The first-order valence-electron chi connectivity index (χ1n) is 7.55. The van der Waals surface area contributed by atoms with Gasteiger partial charge in [-0.25, -0.2) is 4.98 Å². The second kappa shape index (κ2) is 7.76. The SMILES string of the molecule is COc1cc(NC(=O)Cc2csc(-c3cccnc3)n2)cc(OC)c1. The number of benzene rings is 1. The molecule has 0 saturated heterocycles. The van der Waals surface area contributed by atoms with Gasteiger partial charge in [0.2, 0.25) is 5.91 Å². The third-order valence-electron chi connectivity index (χ3n) is 3.44. The van der Waals surface area contributed by atoms with E-state index < -0.39 is 0 Å². The number of aromatic nitrogens is 2. The second-order valence-electron chi connectivity index (χ2n) is 5.21. The van der Waals surface area contributed by atoms with Crippen molar-refractivity contribution >= 4 is 22.9 Å². The van der Waals surface area contributed by atoms with Crippen LogP contribution >= 0.6 is 11.3 Å². The van der Waals surface area contributed by atoms with Crippen LogP contribution in [0.3, 0.4) is 0 Å². The summed E-state index contributed by atoms with van der Waals surface area (Å²) in [5, 5.41) is 5.57. The summed E-state index contributed by atoms with van der Waals surface area (Å²) in [6.07, 6.45) is 3.66. The maximum Gasteiger partial charge on any atom is 0.230 e. The normalized spacial score (nSPS) is 10.3. The Morgan fingerprint density at radius 2 is 1.96 bits per heavy atom. The summed E-state index contributed by atoms with van der Waals surface area (Å²) in [6, 6.07) is 9.03. The first-order valence-corrected chi connectivity index (χ1v) is 8.43. The highest BCUT2D eigenvalue weighted by atomic mass is 32.1. The van der Waals surface area contributed by atoms with Crippen LogP contribution in [0.15, 0.2) is 48.1 Å². The van der Waals surface area contributed by atoms with Crippen molar-refractivity contribution < 1.29 is 14.3 Å². The van der Waals surface area contributed by atoms with Crippen LogP contribution in [-0.2, 0) is 11.2 Å². The molecule has 0 radical (unpaired) electrons. The molecular formula is C18H17N3O3S. The lowest BCUT2D eigenvalue weighted by Gasteiger charge is -2.09. The van der Waals surface area contributed by atoms with E-state index in [1.54, 1.807) is 44.8 Å². The van der Waals surface area contributed by atoms with Crippen LogP contribution in [0.5, 0.6) is 11.5 Å². The highest BCUT2D eigenvalue weighted by molar-refractivity contribution is 7.13. The third-order valence-corrected chi connectivity index (χ3v) is 4.38. The molecule has 2 aromatic heterocycles. The predicted molar refractivity (Wildman–Crippen MR) is 97.2 cm³/mol. The van der Waals surface area contributed by atoms with Gasteiger partial charge in [-0.05, 0) is 12.1 Å². The predicted octanol–water partition coefficient (Wildman–Crippen LogP) is 3.40. The van der Waals surface area contributed by atoms with Gasteiger partial charge >= 0.3 is 0 Å². The summed E-state index contributed by atoms with van der Waals surface area (Å²) in [5.41, 5.74) is 2.27. The minimum Gasteiger partial charge on any atom is -0.497 e. The Kier molecular flexibility index (Phi) is 5.25. The topological polar surface area (TPSA) is 73.3 Å². The van der Waals surface area contributed by atoms with Gasteiger partial charge in [-0.15, -0.1) is 11.3 Å². The molecule has 0 bridgehead atoms. The summed E-state index contributed by atoms with van der Waals surface area (Å²) in [6.45, 7) is 0. The molecule has 0 atom stereocenters. The quantitative estimate of drug-likeness (QED) is 0.733. The number of rotatable bonds is 6. The number of carbonyl (C=O) groups excluding carboxylic acids is 1. The Morgan fingerprint density at radius 1 is 1.20 bits per heavy atom. The van der Waals surface area contributed by atoms with Crippen LogP contribution in [-0.4, -0.2) is 30.1 Å². The number of nitrogens with zero attached hydrogens (tertiary/aromatic N) is 2. The Balaban J connectivity index is 1.68. The van der Waals surface area contributed by atoms with Crippen molar-refractivity contribution in [2.75, 3.05) is 19.5 Å². The number of thiazole rings is 1. The van der Waals surface area contributed by atoms with Crippen molar-refractivity contribution in [2.24, 2.45) is 0 Å².